The van der Waals surface area contributed by atoms with Crippen molar-refractivity contribution in [3.63, 3.8) is 0 Å². The van der Waals surface area contributed by atoms with E-state index in [2.05, 4.69) is 10.4 Å². The van der Waals surface area contributed by atoms with E-state index in [0.717, 1.165) is 17.0 Å². The summed E-state index contributed by atoms with van der Waals surface area (Å²) in [4.78, 5) is 36.1. The van der Waals surface area contributed by atoms with Gasteiger partial charge in [-0.25, -0.2) is 0 Å². The van der Waals surface area contributed by atoms with E-state index in [1.54, 1.807) is 18.3 Å². The molecule has 1 aliphatic rings. The number of hydrogen-bond acceptors (Lipinski definition) is 5. The van der Waals surface area contributed by atoms with Gasteiger partial charge >= 0.3 is 0 Å². The molecule has 0 unspecified atom stereocenters. The van der Waals surface area contributed by atoms with Gasteiger partial charge in [0.15, 0.2) is 0 Å². The Morgan fingerprint density at radius 3 is 2.60 bits per heavy atom. The molecule has 1 aliphatic heterocycles. The molecule has 0 radical (unpaired) electrons. The van der Waals surface area contributed by atoms with E-state index in [1.807, 2.05) is 24.6 Å². The molecule has 0 bridgehead atoms. The fourth-order valence-corrected chi connectivity index (χ4v) is 3.14. The molecule has 0 aliphatic carbocycles. The lowest BCUT2D eigenvalue weighted by atomic mass is 10.1. The van der Waals surface area contributed by atoms with Crippen LogP contribution in [0.4, 0.5) is 5.82 Å². The number of nitrogens with one attached hydrogen (secondary N) is 1. The molecule has 8 heteroatoms. The molecule has 0 fully saturated rings. The van der Waals surface area contributed by atoms with Gasteiger partial charge in [0.05, 0.1) is 28.5 Å². The number of benzene rings is 1. The quantitative estimate of drug-likeness (QED) is 0.683. The molecule has 25 heavy (non-hydrogen) atoms. The number of carbonyl (C=O) groups excluding carboxylic acids is 2. The third-order valence-corrected chi connectivity index (χ3v) is 4.28. The zero-order valence-electron chi connectivity index (χ0n) is 13.6. The molecular formula is C17H15N5O3. The Balaban J connectivity index is 1.95. The van der Waals surface area contributed by atoms with Crippen LogP contribution in [0, 0.1) is 0 Å². The molecule has 8 nitrogen and oxygen atoms in total. The molecule has 126 valence electrons. The maximum atomic E-state index is 12.5. The van der Waals surface area contributed by atoms with E-state index < -0.39 is 17.4 Å². The third-order valence-electron chi connectivity index (χ3n) is 4.28. The van der Waals surface area contributed by atoms with Gasteiger partial charge in [-0.15, -0.1) is 0 Å². The monoisotopic (exact) mass is 337 g/mol. The first-order chi connectivity index (χ1) is 11.9. The Morgan fingerprint density at radius 2 is 1.88 bits per heavy atom. The highest BCUT2D eigenvalue weighted by atomic mass is 16.2. The Hall–Kier alpha value is -3.42. The number of carbonyl (C=O) groups is 2. The second-order valence-electron chi connectivity index (χ2n) is 6.20. The number of rotatable bonds is 2. The minimum absolute atomic E-state index is 0.0115. The van der Waals surface area contributed by atoms with Crippen molar-refractivity contribution in [2.45, 2.75) is 19.9 Å². The number of hydrogen-bond donors (Lipinski definition) is 2. The molecule has 1 aromatic carbocycles. The fourth-order valence-electron chi connectivity index (χ4n) is 3.14. The number of anilines is 1. The SMILES string of the molecule is CC(C)n1ncc2cc(-n3c(N)c4c(cc3=O)C(=O)NC4=O)ccc21. The van der Waals surface area contributed by atoms with Gasteiger partial charge in [0.25, 0.3) is 17.4 Å². The van der Waals surface area contributed by atoms with Gasteiger partial charge in [0.2, 0.25) is 0 Å². The summed E-state index contributed by atoms with van der Waals surface area (Å²) in [5.74, 6) is -1.26. The van der Waals surface area contributed by atoms with E-state index in [1.165, 1.54) is 4.57 Å². The van der Waals surface area contributed by atoms with Crippen LogP contribution in [-0.2, 0) is 0 Å². The summed E-state index contributed by atoms with van der Waals surface area (Å²) >= 11 is 0. The van der Waals surface area contributed by atoms with Gasteiger partial charge in [-0.05, 0) is 32.0 Å². The van der Waals surface area contributed by atoms with Crippen molar-refractivity contribution < 1.29 is 9.59 Å². The van der Waals surface area contributed by atoms with Gasteiger partial charge in [-0.2, -0.15) is 5.10 Å². The number of fused-ring (bicyclic) bond motifs is 2. The lowest BCUT2D eigenvalue weighted by molar-refractivity contribution is 0.0880. The number of nitrogens with zero attached hydrogens (tertiary/aromatic N) is 3. The number of pyridine rings is 1. The van der Waals surface area contributed by atoms with E-state index in [0.29, 0.717) is 5.69 Å². The van der Waals surface area contributed by atoms with Gasteiger partial charge in [-0.3, -0.25) is 28.9 Å². The summed E-state index contributed by atoms with van der Waals surface area (Å²) in [5.41, 5.74) is 7.05. The maximum Gasteiger partial charge on any atom is 0.262 e. The zero-order chi connectivity index (χ0) is 17.9. The van der Waals surface area contributed by atoms with Crippen LogP contribution in [0.1, 0.15) is 40.6 Å². The van der Waals surface area contributed by atoms with Crippen LogP contribution in [0.3, 0.4) is 0 Å². The van der Waals surface area contributed by atoms with Crippen LogP contribution >= 0.6 is 0 Å². The van der Waals surface area contributed by atoms with Crippen LogP contribution in [0.2, 0.25) is 0 Å². The Morgan fingerprint density at radius 1 is 1.12 bits per heavy atom. The lowest BCUT2D eigenvalue weighted by Crippen LogP contribution is -2.24. The molecule has 2 amide bonds. The molecule has 0 atom stereocenters. The normalized spacial score (nSPS) is 13.6. The highest BCUT2D eigenvalue weighted by Crippen LogP contribution is 2.25. The molecule has 0 spiro atoms. The highest BCUT2D eigenvalue weighted by Gasteiger charge is 2.31. The van der Waals surface area contributed by atoms with E-state index in [9.17, 15) is 14.4 Å². The number of nitrogens with two attached hydrogens (primary N) is 1. The first-order valence-electron chi connectivity index (χ1n) is 7.77. The average molecular weight is 337 g/mol. The van der Waals surface area contributed by atoms with Crippen LogP contribution in [-0.4, -0.2) is 26.2 Å². The van der Waals surface area contributed by atoms with Crippen LogP contribution in [0.15, 0.2) is 35.3 Å². The topological polar surface area (TPSA) is 112 Å². The maximum absolute atomic E-state index is 12.5. The fraction of sp³-hybridized carbons (Fsp3) is 0.176. The Kier molecular flexibility index (Phi) is 3.05. The molecule has 3 heterocycles. The van der Waals surface area contributed by atoms with Crippen molar-refractivity contribution in [3.05, 3.63) is 51.9 Å². The predicted octanol–water partition coefficient (Wildman–Crippen LogP) is 1.23. The second kappa shape index (κ2) is 5.04. The first kappa shape index (κ1) is 15.1. The van der Waals surface area contributed by atoms with Crippen LogP contribution in [0.5, 0.6) is 0 Å². The van der Waals surface area contributed by atoms with E-state index in [4.69, 9.17) is 5.73 Å². The third kappa shape index (κ3) is 2.07. The van der Waals surface area contributed by atoms with Crippen molar-refractivity contribution in [3.8, 4) is 5.69 Å². The number of imide groups is 1. The van der Waals surface area contributed by atoms with Crippen molar-refractivity contribution >= 4 is 28.5 Å². The Bertz CT molecular complexity index is 1120. The summed E-state index contributed by atoms with van der Waals surface area (Å²) in [7, 11) is 0. The molecule has 4 rings (SSSR count). The number of nitrogen functional groups attached to an aromatic ring is 1. The summed E-state index contributed by atoms with van der Waals surface area (Å²) < 4.78 is 3.10. The minimum atomic E-state index is -0.607. The molecular weight excluding hydrogens is 322 g/mol. The smallest absolute Gasteiger partial charge is 0.262 e. The molecule has 2 aromatic heterocycles. The average Bonchev–Trinajstić information content (AvgIpc) is 3.08. The lowest BCUT2D eigenvalue weighted by Gasteiger charge is -2.12. The summed E-state index contributed by atoms with van der Waals surface area (Å²) in [5, 5.41) is 7.34. The minimum Gasteiger partial charge on any atom is -0.384 e. The van der Waals surface area contributed by atoms with Crippen molar-refractivity contribution in [1.29, 1.82) is 0 Å². The van der Waals surface area contributed by atoms with E-state index >= 15 is 0 Å². The highest BCUT2D eigenvalue weighted by molar-refractivity contribution is 6.23. The Labute approximate surface area is 141 Å². The summed E-state index contributed by atoms with van der Waals surface area (Å²) in [6, 6.07) is 6.70. The van der Waals surface area contributed by atoms with Gasteiger partial charge in [-0.1, -0.05) is 0 Å². The van der Waals surface area contributed by atoms with Crippen molar-refractivity contribution in [1.82, 2.24) is 19.7 Å². The first-order valence-corrected chi connectivity index (χ1v) is 7.77. The largest absolute Gasteiger partial charge is 0.384 e. The van der Waals surface area contributed by atoms with Gasteiger partial charge < -0.3 is 5.73 Å². The van der Waals surface area contributed by atoms with Crippen molar-refractivity contribution in [2.75, 3.05) is 5.73 Å². The molecule has 0 saturated carbocycles. The van der Waals surface area contributed by atoms with E-state index in [-0.39, 0.29) is 23.0 Å². The zero-order valence-corrected chi connectivity index (χ0v) is 13.6. The summed E-state index contributed by atoms with van der Waals surface area (Å²) in [6.07, 6.45) is 1.71. The van der Waals surface area contributed by atoms with Gasteiger partial charge in [0.1, 0.15) is 5.82 Å². The van der Waals surface area contributed by atoms with Crippen molar-refractivity contribution in [2.24, 2.45) is 0 Å². The number of aromatic nitrogens is 3. The van der Waals surface area contributed by atoms with Crippen LogP contribution in [0.25, 0.3) is 16.6 Å². The molecule has 0 saturated heterocycles. The van der Waals surface area contributed by atoms with Gasteiger partial charge in [0, 0.05) is 17.5 Å². The van der Waals surface area contributed by atoms with Crippen LogP contribution < -0.4 is 16.6 Å². The molecule has 3 aromatic rings. The molecule has 3 N–H and O–H groups in total. The summed E-state index contributed by atoms with van der Waals surface area (Å²) in [6.45, 7) is 4.05. The predicted molar refractivity (Wildman–Crippen MR) is 91.9 cm³/mol. The number of amides is 2. The second-order valence-corrected chi connectivity index (χ2v) is 6.20. The standard InChI is InChI=1S/C17H15N5O3/c1-8(2)22-12-4-3-10(5-9(12)7-19-22)21-13(23)6-11-14(15(21)18)17(25)20-16(11)24/h3-8H,18H2,1-2H3,(H,20,24,25).